The number of primary amides is 1. The molecule has 8 heteroatoms. The smallest absolute Gasteiger partial charge is 0.248 e. The first-order valence-electron chi connectivity index (χ1n) is 5.73. The number of benzene rings is 1. The zero-order chi connectivity index (χ0) is 14.5. The minimum atomic E-state index is -0.499. The van der Waals surface area contributed by atoms with Crippen LogP contribution in [-0.2, 0) is 11.8 Å². The van der Waals surface area contributed by atoms with E-state index in [9.17, 15) is 9.59 Å². The Hall–Kier alpha value is -2.35. The van der Waals surface area contributed by atoms with Gasteiger partial charge in [-0.2, -0.15) is 0 Å². The lowest BCUT2D eigenvalue weighted by Gasteiger charge is -2.05. The van der Waals surface area contributed by atoms with Gasteiger partial charge in [0.25, 0.3) is 0 Å². The average Bonchev–Trinajstić information content (AvgIpc) is 2.82. The third kappa shape index (κ3) is 3.58. The summed E-state index contributed by atoms with van der Waals surface area (Å²) in [4.78, 5) is 22.7. The number of amides is 2. The lowest BCUT2D eigenvalue weighted by atomic mass is 10.2. The lowest BCUT2D eigenvalue weighted by molar-refractivity contribution is -0.113. The van der Waals surface area contributed by atoms with E-state index < -0.39 is 5.91 Å². The van der Waals surface area contributed by atoms with Gasteiger partial charge in [-0.3, -0.25) is 9.59 Å². The Morgan fingerprint density at radius 3 is 2.60 bits per heavy atom. The van der Waals surface area contributed by atoms with Crippen LogP contribution in [0, 0.1) is 0 Å². The molecule has 1 aromatic heterocycles. The molecule has 2 amide bonds. The quantitative estimate of drug-likeness (QED) is 0.787. The van der Waals surface area contributed by atoms with Crippen LogP contribution in [0.1, 0.15) is 10.4 Å². The number of aromatic nitrogens is 3. The number of hydrogen-bond acceptors (Lipinski definition) is 5. The van der Waals surface area contributed by atoms with Crippen molar-refractivity contribution in [3.8, 4) is 0 Å². The SMILES string of the molecule is Cn1cnnc1SCC(=O)Nc1ccc(C(N)=O)cc1. The fourth-order valence-corrected chi connectivity index (χ4v) is 2.14. The lowest BCUT2D eigenvalue weighted by Crippen LogP contribution is -2.15. The summed E-state index contributed by atoms with van der Waals surface area (Å²) in [5.74, 6) is -0.435. The first-order valence-corrected chi connectivity index (χ1v) is 6.71. The van der Waals surface area contributed by atoms with Gasteiger partial charge in [0, 0.05) is 18.3 Å². The van der Waals surface area contributed by atoms with E-state index in [1.54, 1.807) is 35.2 Å². The van der Waals surface area contributed by atoms with Crippen LogP contribution in [0.25, 0.3) is 0 Å². The Morgan fingerprint density at radius 1 is 1.35 bits per heavy atom. The van der Waals surface area contributed by atoms with Gasteiger partial charge in [0.2, 0.25) is 11.8 Å². The molecule has 7 nitrogen and oxygen atoms in total. The molecular weight excluding hydrogens is 278 g/mol. The number of hydrogen-bond donors (Lipinski definition) is 2. The van der Waals surface area contributed by atoms with Gasteiger partial charge in [0.15, 0.2) is 5.16 Å². The second kappa shape index (κ2) is 6.20. The van der Waals surface area contributed by atoms with Gasteiger partial charge in [0.1, 0.15) is 6.33 Å². The van der Waals surface area contributed by atoms with E-state index in [0.717, 1.165) is 0 Å². The molecule has 104 valence electrons. The number of nitrogens with two attached hydrogens (primary N) is 1. The molecule has 2 aromatic rings. The first-order chi connectivity index (χ1) is 9.56. The fraction of sp³-hybridized carbons (Fsp3) is 0.167. The molecule has 0 aliphatic carbocycles. The molecule has 0 atom stereocenters. The van der Waals surface area contributed by atoms with Gasteiger partial charge >= 0.3 is 0 Å². The molecule has 0 bridgehead atoms. The van der Waals surface area contributed by atoms with Crippen molar-refractivity contribution in [3.05, 3.63) is 36.2 Å². The Labute approximate surface area is 119 Å². The third-order valence-corrected chi connectivity index (χ3v) is 3.49. The van der Waals surface area contributed by atoms with Crippen LogP contribution in [0.5, 0.6) is 0 Å². The zero-order valence-corrected chi connectivity index (χ0v) is 11.6. The van der Waals surface area contributed by atoms with E-state index in [-0.39, 0.29) is 11.7 Å². The molecular formula is C12H13N5O2S. The Balaban J connectivity index is 1.88. The number of carbonyl (C=O) groups excluding carboxylic acids is 2. The van der Waals surface area contributed by atoms with E-state index in [4.69, 9.17) is 5.73 Å². The number of thioether (sulfide) groups is 1. The number of anilines is 1. The van der Waals surface area contributed by atoms with E-state index in [2.05, 4.69) is 15.5 Å². The van der Waals surface area contributed by atoms with Gasteiger partial charge in [-0.1, -0.05) is 11.8 Å². The highest BCUT2D eigenvalue weighted by molar-refractivity contribution is 7.99. The fourth-order valence-electron chi connectivity index (χ4n) is 1.45. The molecule has 0 fully saturated rings. The number of nitrogens with one attached hydrogen (secondary N) is 1. The van der Waals surface area contributed by atoms with Gasteiger partial charge in [-0.25, -0.2) is 0 Å². The highest BCUT2D eigenvalue weighted by atomic mass is 32.2. The van der Waals surface area contributed by atoms with Gasteiger partial charge in [-0.15, -0.1) is 10.2 Å². The van der Waals surface area contributed by atoms with Crippen molar-refractivity contribution in [1.29, 1.82) is 0 Å². The van der Waals surface area contributed by atoms with Crippen molar-refractivity contribution in [2.45, 2.75) is 5.16 Å². The molecule has 0 aliphatic heterocycles. The molecule has 3 N–H and O–H groups in total. The van der Waals surface area contributed by atoms with Crippen LogP contribution in [0.2, 0.25) is 0 Å². The molecule has 0 saturated heterocycles. The van der Waals surface area contributed by atoms with Crippen molar-refractivity contribution in [3.63, 3.8) is 0 Å². The number of rotatable bonds is 5. The number of aryl methyl sites for hydroxylation is 1. The van der Waals surface area contributed by atoms with Crippen molar-refractivity contribution >= 4 is 29.3 Å². The van der Waals surface area contributed by atoms with E-state index in [1.165, 1.54) is 11.8 Å². The second-order valence-corrected chi connectivity index (χ2v) is 4.95. The molecule has 20 heavy (non-hydrogen) atoms. The molecule has 0 spiro atoms. The predicted molar refractivity (Wildman–Crippen MR) is 75.3 cm³/mol. The maximum Gasteiger partial charge on any atom is 0.248 e. The van der Waals surface area contributed by atoms with Crippen molar-refractivity contribution < 1.29 is 9.59 Å². The van der Waals surface area contributed by atoms with Gasteiger partial charge in [-0.05, 0) is 24.3 Å². The molecule has 1 aromatic carbocycles. The summed E-state index contributed by atoms with van der Waals surface area (Å²) >= 11 is 1.29. The topological polar surface area (TPSA) is 103 Å². The molecule has 1 heterocycles. The highest BCUT2D eigenvalue weighted by Gasteiger charge is 2.07. The third-order valence-electron chi connectivity index (χ3n) is 2.46. The summed E-state index contributed by atoms with van der Waals surface area (Å²) in [6.45, 7) is 0. The monoisotopic (exact) mass is 291 g/mol. The molecule has 0 aliphatic rings. The van der Waals surface area contributed by atoms with Crippen molar-refractivity contribution in [2.75, 3.05) is 11.1 Å². The summed E-state index contributed by atoms with van der Waals surface area (Å²) in [5, 5.41) is 11.0. The second-order valence-electron chi connectivity index (χ2n) is 4.00. The summed E-state index contributed by atoms with van der Waals surface area (Å²) in [6, 6.07) is 6.39. The maximum atomic E-state index is 11.8. The van der Waals surface area contributed by atoms with Crippen LogP contribution in [0.3, 0.4) is 0 Å². The molecule has 2 rings (SSSR count). The van der Waals surface area contributed by atoms with E-state index >= 15 is 0 Å². The largest absolute Gasteiger partial charge is 0.366 e. The minimum absolute atomic E-state index is 0.162. The first kappa shape index (κ1) is 14.1. The summed E-state index contributed by atoms with van der Waals surface area (Å²) in [6.07, 6.45) is 1.57. The van der Waals surface area contributed by atoms with Crippen LogP contribution in [-0.4, -0.2) is 32.3 Å². The number of nitrogens with zero attached hydrogens (tertiary/aromatic N) is 3. The molecule has 0 radical (unpaired) electrons. The maximum absolute atomic E-state index is 11.8. The standard InChI is InChI=1S/C12H13N5O2S/c1-17-7-14-16-12(17)20-6-10(18)15-9-4-2-8(3-5-9)11(13)19/h2-5,7H,6H2,1H3,(H2,13,19)(H,15,18). The summed E-state index contributed by atoms with van der Waals surface area (Å²) in [5.41, 5.74) is 6.15. The Bertz CT molecular complexity index is 623. The number of carbonyl (C=O) groups is 2. The van der Waals surface area contributed by atoms with E-state index in [1.807, 2.05) is 7.05 Å². The van der Waals surface area contributed by atoms with Crippen LogP contribution in [0.4, 0.5) is 5.69 Å². The van der Waals surface area contributed by atoms with Crippen molar-refractivity contribution in [2.24, 2.45) is 12.8 Å². The van der Waals surface area contributed by atoms with Gasteiger partial charge in [0.05, 0.1) is 5.75 Å². The highest BCUT2D eigenvalue weighted by Crippen LogP contribution is 2.14. The predicted octanol–water partition coefficient (Wildman–Crippen LogP) is 0.645. The summed E-state index contributed by atoms with van der Waals surface area (Å²) in [7, 11) is 1.81. The Morgan fingerprint density at radius 2 is 2.05 bits per heavy atom. The Kier molecular flexibility index (Phi) is 4.36. The minimum Gasteiger partial charge on any atom is -0.366 e. The van der Waals surface area contributed by atoms with Crippen molar-refractivity contribution in [1.82, 2.24) is 14.8 Å². The van der Waals surface area contributed by atoms with Crippen LogP contribution >= 0.6 is 11.8 Å². The summed E-state index contributed by atoms with van der Waals surface area (Å²) < 4.78 is 1.74. The van der Waals surface area contributed by atoms with Gasteiger partial charge < -0.3 is 15.6 Å². The molecule has 0 saturated carbocycles. The zero-order valence-electron chi connectivity index (χ0n) is 10.7. The van der Waals surface area contributed by atoms with Crippen LogP contribution in [0.15, 0.2) is 35.7 Å². The van der Waals surface area contributed by atoms with Crippen LogP contribution < -0.4 is 11.1 Å². The normalized spacial score (nSPS) is 10.2. The molecule has 0 unspecified atom stereocenters. The average molecular weight is 291 g/mol. The van der Waals surface area contributed by atoms with E-state index in [0.29, 0.717) is 16.4 Å².